The highest BCUT2D eigenvalue weighted by molar-refractivity contribution is 5.88. The van der Waals surface area contributed by atoms with Crippen LogP contribution in [0.2, 0.25) is 0 Å². The smallest absolute Gasteiger partial charge is 0.273 e. The van der Waals surface area contributed by atoms with Gasteiger partial charge in [0.05, 0.1) is 18.0 Å². The molecule has 0 unspecified atom stereocenters. The van der Waals surface area contributed by atoms with Gasteiger partial charge in [0.25, 0.3) is 5.69 Å². The third-order valence-electron chi connectivity index (χ3n) is 4.81. The van der Waals surface area contributed by atoms with Crippen LogP contribution in [0.15, 0.2) is 60.7 Å². The molecule has 0 aliphatic heterocycles. The zero-order valence-corrected chi connectivity index (χ0v) is 16.6. The molecular formula is C23H24N2O4. The number of fused-ring (bicyclic) bond motifs is 1. The Balaban J connectivity index is 1.86. The normalized spacial score (nSPS) is 10.7. The Bertz CT molecular complexity index is 1030. The van der Waals surface area contributed by atoms with E-state index in [2.05, 4.69) is 0 Å². The first-order valence-corrected chi connectivity index (χ1v) is 9.61. The Kier molecular flexibility index (Phi) is 6.44. The van der Waals surface area contributed by atoms with E-state index in [-0.39, 0.29) is 18.0 Å². The minimum absolute atomic E-state index is 0.0242. The molecule has 3 rings (SSSR count). The zero-order valence-electron chi connectivity index (χ0n) is 16.6. The van der Waals surface area contributed by atoms with E-state index in [0.717, 1.165) is 28.5 Å². The van der Waals surface area contributed by atoms with Crippen LogP contribution in [0.4, 0.5) is 5.69 Å². The number of nitro groups is 1. The number of hydrogen-bond donors (Lipinski definition) is 0. The van der Waals surface area contributed by atoms with Crippen LogP contribution in [0, 0.1) is 10.1 Å². The van der Waals surface area contributed by atoms with Crippen molar-refractivity contribution in [2.45, 2.75) is 26.3 Å². The predicted octanol–water partition coefficient (Wildman–Crippen LogP) is 4.74. The zero-order chi connectivity index (χ0) is 20.8. The number of nitro benzene ring substituents is 1. The molecule has 0 fully saturated rings. The van der Waals surface area contributed by atoms with Crippen LogP contribution < -0.4 is 4.74 Å². The predicted molar refractivity (Wildman–Crippen MR) is 113 cm³/mol. The summed E-state index contributed by atoms with van der Waals surface area (Å²) in [6, 6.07) is 18.3. The van der Waals surface area contributed by atoms with Crippen LogP contribution in [0.1, 0.15) is 24.5 Å². The highest BCUT2D eigenvalue weighted by Gasteiger charge is 2.19. The molecule has 0 bridgehead atoms. The van der Waals surface area contributed by atoms with Gasteiger partial charge in [-0.05, 0) is 23.3 Å². The topological polar surface area (TPSA) is 72.7 Å². The van der Waals surface area contributed by atoms with Gasteiger partial charge in [-0.15, -0.1) is 0 Å². The first kappa shape index (κ1) is 20.3. The van der Waals surface area contributed by atoms with Crippen molar-refractivity contribution >= 4 is 22.4 Å². The summed E-state index contributed by atoms with van der Waals surface area (Å²) in [5, 5.41) is 13.3. The molecule has 0 aliphatic rings. The number of hydrogen-bond acceptors (Lipinski definition) is 4. The van der Waals surface area contributed by atoms with E-state index in [0.29, 0.717) is 18.7 Å². The van der Waals surface area contributed by atoms with Crippen LogP contribution in [0.3, 0.4) is 0 Å². The van der Waals surface area contributed by atoms with Gasteiger partial charge in [0.2, 0.25) is 5.91 Å². The molecule has 1 amide bonds. The lowest BCUT2D eigenvalue weighted by Gasteiger charge is -2.21. The monoisotopic (exact) mass is 392 g/mol. The fourth-order valence-corrected chi connectivity index (χ4v) is 3.29. The maximum atomic E-state index is 12.8. The molecule has 0 N–H and O–H groups in total. The molecule has 0 aromatic heterocycles. The van der Waals surface area contributed by atoms with Crippen LogP contribution in [-0.2, 0) is 17.8 Å². The van der Waals surface area contributed by atoms with Crippen molar-refractivity contribution in [3.63, 3.8) is 0 Å². The second-order valence-electron chi connectivity index (χ2n) is 6.92. The summed E-state index contributed by atoms with van der Waals surface area (Å²) in [7, 11) is 1.71. The SMILES string of the molecule is CCCOc1ccc2ccccc2c1CN(C)C(=O)Cc1ccccc1[N+](=O)[O-]. The molecule has 3 aromatic rings. The van der Waals surface area contributed by atoms with Crippen molar-refractivity contribution in [1.29, 1.82) is 0 Å². The van der Waals surface area contributed by atoms with Crippen molar-refractivity contribution in [1.82, 2.24) is 4.90 Å². The second kappa shape index (κ2) is 9.19. The number of carbonyl (C=O) groups excluding carboxylic acids is 1. The van der Waals surface area contributed by atoms with Gasteiger partial charge in [-0.2, -0.15) is 0 Å². The van der Waals surface area contributed by atoms with Gasteiger partial charge in [0.1, 0.15) is 5.75 Å². The summed E-state index contributed by atoms with van der Waals surface area (Å²) in [5.74, 6) is 0.574. The van der Waals surface area contributed by atoms with Gasteiger partial charge >= 0.3 is 0 Å². The lowest BCUT2D eigenvalue weighted by Crippen LogP contribution is -2.28. The maximum absolute atomic E-state index is 12.8. The van der Waals surface area contributed by atoms with Gasteiger partial charge < -0.3 is 9.64 Å². The van der Waals surface area contributed by atoms with E-state index < -0.39 is 4.92 Å². The van der Waals surface area contributed by atoms with Crippen molar-refractivity contribution in [2.75, 3.05) is 13.7 Å². The third-order valence-corrected chi connectivity index (χ3v) is 4.81. The van der Waals surface area contributed by atoms with Gasteiger partial charge in [0.15, 0.2) is 0 Å². The van der Waals surface area contributed by atoms with Crippen molar-refractivity contribution < 1.29 is 14.5 Å². The van der Waals surface area contributed by atoms with Gasteiger partial charge in [0, 0.05) is 30.8 Å². The molecule has 0 aliphatic carbocycles. The van der Waals surface area contributed by atoms with Crippen LogP contribution in [0.25, 0.3) is 10.8 Å². The van der Waals surface area contributed by atoms with Crippen molar-refractivity contribution in [3.8, 4) is 5.75 Å². The summed E-state index contributed by atoms with van der Waals surface area (Å²) >= 11 is 0. The molecule has 0 spiro atoms. The summed E-state index contributed by atoms with van der Waals surface area (Å²) < 4.78 is 5.92. The Hall–Kier alpha value is -3.41. The standard InChI is InChI=1S/C23H24N2O4/c1-3-14-29-22-13-12-17-8-4-6-10-19(17)20(22)16-24(2)23(26)15-18-9-5-7-11-21(18)25(27)28/h4-13H,3,14-16H2,1-2H3. The number of nitrogens with zero attached hydrogens (tertiary/aromatic N) is 2. The quantitative estimate of drug-likeness (QED) is 0.410. The summed E-state index contributed by atoms with van der Waals surface area (Å²) in [4.78, 5) is 25.2. The fraction of sp³-hybridized carbons (Fsp3) is 0.261. The van der Waals surface area contributed by atoms with E-state index in [1.807, 2.05) is 43.3 Å². The number of amides is 1. The Morgan fingerprint density at radius 1 is 1.07 bits per heavy atom. The van der Waals surface area contributed by atoms with Crippen LogP contribution in [-0.4, -0.2) is 29.4 Å². The van der Waals surface area contributed by atoms with E-state index >= 15 is 0 Å². The lowest BCUT2D eigenvalue weighted by molar-refractivity contribution is -0.385. The average molecular weight is 392 g/mol. The van der Waals surface area contributed by atoms with Gasteiger partial charge in [-0.3, -0.25) is 14.9 Å². The number of likely N-dealkylation sites (N-methyl/N-ethyl adjacent to an activating group) is 1. The maximum Gasteiger partial charge on any atom is 0.273 e. The molecule has 3 aromatic carbocycles. The molecule has 150 valence electrons. The van der Waals surface area contributed by atoms with Gasteiger partial charge in [-0.1, -0.05) is 55.5 Å². The molecule has 0 heterocycles. The largest absolute Gasteiger partial charge is 0.493 e. The first-order valence-electron chi connectivity index (χ1n) is 9.61. The number of rotatable bonds is 8. The molecule has 29 heavy (non-hydrogen) atoms. The van der Waals surface area contributed by atoms with Crippen molar-refractivity contribution in [2.24, 2.45) is 0 Å². The summed E-state index contributed by atoms with van der Waals surface area (Å²) in [6.07, 6.45) is 0.863. The minimum Gasteiger partial charge on any atom is -0.493 e. The number of carbonyl (C=O) groups is 1. The van der Waals surface area contributed by atoms with Crippen LogP contribution in [0.5, 0.6) is 5.75 Å². The van der Waals surface area contributed by atoms with Crippen molar-refractivity contribution in [3.05, 3.63) is 81.9 Å². The van der Waals surface area contributed by atoms with E-state index in [9.17, 15) is 14.9 Å². The number of benzene rings is 3. The van der Waals surface area contributed by atoms with E-state index in [1.54, 1.807) is 30.1 Å². The molecule has 0 radical (unpaired) electrons. The summed E-state index contributed by atoms with van der Waals surface area (Å²) in [6.45, 7) is 3.00. The molecular weight excluding hydrogens is 368 g/mol. The minimum atomic E-state index is -0.454. The van der Waals surface area contributed by atoms with E-state index in [1.165, 1.54) is 6.07 Å². The molecule has 6 nitrogen and oxygen atoms in total. The van der Waals surface area contributed by atoms with E-state index in [4.69, 9.17) is 4.74 Å². The highest BCUT2D eigenvalue weighted by Crippen LogP contribution is 2.30. The number of ether oxygens (including phenoxy) is 1. The first-order chi connectivity index (χ1) is 14.0. The molecule has 0 atom stereocenters. The van der Waals surface area contributed by atoms with Crippen LogP contribution >= 0.6 is 0 Å². The Morgan fingerprint density at radius 2 is 1.79 bits per heavy atom. The highest BCUT2D eigenvalue weighted by atomic mass is 16.6. The third kappa shape index (κ3) is 4.71. The second-order valence-corrected chi connectivity index (χ2v) is 6.92. The fourth-order valence-electron chi connectivity index (χ4n) is 3.29. The van der Waals surface area contributed by atoms with Gasteiger partial charge in [-0.25, -0.2) is 0 Å². The molecule has 0 saturated carbocycles. The molecule has 0 saturated heterocycles. The average Bonchev–Trinajstić information content (AvgIpc) is 2.73. The lowest BCUT2D eigenvalue weighted by atomic mass is 10.0. The molecule has 6 heteroatoms. The Labute approximate surface area is 169 Å². The summed E-state index contributed by atoms with van der Waals surface area (Å²) in [5.41, 5.74) is 1.32. The Morgan fingerprint density at radius 3 is 2.55 bits per heavy atom. The number of para-hydroxylation sites is 1.